The molecule has 6 aromatic heterocycles. The molecule has 7 amide bonds. The van der Waals surface area contributed by atoms with Crippen molar-refractivity contribution in [2.75, 3.05) is 46.5 Å². The monoisotopic (exact) mass is 1420 g/mol. The number of nitrogens with zero attached hydrogens (tertiary/aromatic N) is 9. The van der Waals surface area contributed by atoms with Gasteiger partial charge in [0, 0.05) is 92.2 Å². The Bertz CT molecular complexity index is 2820. The Morgan fingerprint density at radius 2 is 0.945 bits per heavy atom. The smallest absolute Gasteiger partial charge is 0.693 e. The van der Waals surface area contributed by atoms with Crippen LogP contribution in [0, 0.1) is 0 Å². The van der Waals surface area contributed by atoms with E-state index in [-0.39, 0.29) is 103 Å². The average Bonchev–Trinajstić information content (AvgIpc) is 4.18. The fraction of sp³-hybridized carbons (Fsp3) is 0.282. The van der Waals surface area contributed by atoms with Gasteiger partial charge in [-0.15, -0.1) is 0 Å². The molecular formula is C39H55Cl2N23O7Pt2-6. The van der Waals surface area contributed by atoms with Crippen molar-refractivity contribution in [1.82, 2.24) is 58.3 Å². The number of hydrogen-bond donors (Lipinski definition) is 8. The Morgan fingerprint density at radius 1 is 0.521 bits per heavy atom. The number of amides is 7. The van der Waals surface area contributed by atoms with E-state index >= 15 is 0 Å². The standard InChI is InChI=1S/C39H47N19O7.2ClH.4H2N.2Pt/c1-53-10-9-42-30(53)38(64)51-29-18-58(6)32(50-29)39(65)52-28-17-57(5)31(49-28)37(63)43-8-7-24(44-19-40)33(59)46-21-12-26(55(3)14-21)35(61)48-23-13-27(56(4)16-23)36(62)47-22-11-25(54(2)15-22)34(60)45-20-41;;;;;;;;/h9-18,24,40-41,44H,7-8,19-20H2,1-6H3,(H,43,63)(H,45,60)(H,46,59)(H,47,62)(H,48,61)(H,51,64)(H,52,65);2*1H;4*1H2;;/q-2;;;4*-1;2*+1/p-2. The normalized spacial score (nSPS) is 10.4. The van der Waals surface area contributed by atoms with Gasteiger partial charge in [-0.25, -0.2) is 15.0 Å². The molecule has 6 heterocycles. The largest absolute Gasteiger partial charge is 0.693 e. The summed E-state index contributed by atoms with van der Waals surface area (Å²) in [7, 11) is 18.9. The molecular weight excluding hydrogens is 1360 g/mol. The van der Waals surface area contributed by atoms with Crippen molar-refractivity contribution in [2.24, 2.45) is 42.3 Å². The van der Waals surface area contributed by atoms with E-state index in [4.69, 9.17) is 11.5 Å². The number of halogens is 2. The van der Waals surface area contributed by atoms with E-state index in [1.165, 1.54) is 70.4 Å². The van der Waals surface area contributed by atoms with E-state index in [0.717, 1.165) is 0 Å². The molecule has 1 unspecified atom stereocenters. The number of anilines is 5. The van der Waals surface area contributed by atoms with Gasteiger partial charge in [-0.2, -0.15) is 0 Å². The average molecular weight is 1420 g/mol. The van der Waals surface area contributed by atoms with Gasteiger partial charge in [-0.3, -0.25) is 33.6 Å². The molecule has 0 spiro atoms. The zero-order chi connectivity index (χ0) is 51.1. The summed E-state index contributed by atoms with van der Waals surface area (Å²) in [5, 5.41) is 21.2. The summed E-state index contributed by atoms with van der Waals surface area (Å²) in [5.41, 5.74) is 16.5. The second-order valence-electron chi connectivity index (χ2n) is 14.6. The number of rotatable bonds is 18. The van der Waals surface area contributed by atoms with Gasteiger partial charge in [0.1, 0.15) is 17.1 Å². The van der Waals surface area contributed by atoms with Gasteiger partial charge >= 0.3 is 56.4 Å². The quantitative estimate of drug-likeness (QED) is 0.0522. The number of nitrogens with two attached hydrogens (primary N) is 4. The second-order valence-corrected chi connectivity index (χ2v) is 14.6. The minimum absolute atomic E-state index is 0. The molecule has 73 heavy (non-hydrogen) atoms. The van der Waals surface area contributed by atoms with Crippen LogP contribution < -0.4 is 42.5 Å². The minimum atomic E-state index is -0.922. The number of carbonyl (C=O) groups is 7. The van der Waals surface area contributed by atoms with Crippen LogP contribution in [-0.2, 0) is 84.6 Å². The molecule has 34 heteroatoms. The third kappa shape index (κ3) is 17.3. The van der Waals surface area contributed by atoms with Crippen molar-refractivity contribution in [3.8, 4) is 0 Å². The maximum Gasteiger partial charge on any atom is -0.693 e. The van der Waals surface area contributed by atoms with Crippen LogP contribution >= 0.6 is 18.8 Å². The van der Waals surface area contributed by atoms with Crippen molar-refractivity contribution < 1.29 is 71.1 Å². The van der Waals surface area contributed by atoms with Crippen molar-refractivity contribution in [3.05, 3.63) is 132 Å². The van der Waals surface area contributed by atoms with Crippen LogP contribution in [-0.4, -0.2) is 110 Å². The fourth-order valence-corrected chi connectivity index (χ4v) is 6.63. The van der Waals surface area contributed by atoms with Gasteiger partial charge in [-0.05, 0) is 24.6 Å². The maximum absolute atomic E-state index is 13.3. The molecule has 0 bridgehead atoms. The van der Waals surface area contributed by atoms with Crippen molar-refractivity contribution in [2.45, 2.75) is 12.5 Å². The number of imidazole rings is 3. The molecule has 18 N–H and O–H groups in total. The zero-order valence-corrected chi connectivity index (χ0v) is 45.8. The summed E-state index contributed by atoms with van der Waals surface area (Å²) < 4.78 is 8.88. The molecule has 0 aliphatic rings. The van der Waals surface area contributed by atoms with Gasteiger partial charge < -0.3 is 106 Å². The first-order valence-electron chi connectivity index (χ1n) is 19.9. The van der Waals surface area contributed by atoms with Crippen LogP contribution in [0.3, 0.4) is 0 Å². The first-order chi connectivity index (χ1) is 33.0. The molecule has 6 rings (SSSR count). The number of aryl methyl sites for hydroxylation is 6. The van der Waals surface area contributed by atoms with E-state index in [1.807, 2.05) is 0 Å². The second kappa shape index (κ2) is 31.1. The van der Waals surface area contributed by atoms with Crippen LogP contribution in [0.1, 0.15) is 69.7 Å². The minimum Gasteiger partial charge on any atom is -0.693 e. The molecule has 0 saturated heterocycles. The molecule has 0 aromatic carbocycles. The Balaban J connectivity index is 0.00000632. The molecule has 1 atom stereocenters. The van der Waals surface area contributed by atoms with Gasteiger partial charge in [-0.1, -0.05) is 13.3 Å². The van der Waals surface area contributed by atoms with Crippen molar-refractivity contribution >= 4 is 88.9 Å². The summed E-state index contributed by atoms with van der Waals surface area (Å²) in [6.45, 7) is -0.608. The Hall–Kier alpha value is -6.56. The predicted octanol–water partition coefficient (Wildman–Crippen LogP) is 5.62. The van der Waals surface area contributed by atoms with Crippen LogP contribution in [0.25, 0.3) is 36.1 Å². The summed E-state index contributed by atoms with van der Waals surface area (Å²) >= 11 is 3.22. The molecule has 30 nitrogen and oxygen atoms in total. The molecule has 6 aromatic rings. The van der Waals surface area contributed by atoms with E-state index < -0.39 is 47.4 Å². The summed E-state index contributed by atoms with van der Waals surface area (Å²) in [5.74, 6) is -3.55. The number of aromatic nitrogens is 9. The molecule has 0 saturated carbocycles. The van der Waals surface area contributed by atoms with Gasteiger partial charge in [0.15, 0.2) is 17.5 Å². The maximum atomic E-state index is 13.3. The first-order valence-corrected chi connectivity index (χ1v) is 25.5. The van der Waals surface area contributed by atoms with E-state index in [0.29, 0.717) is 11.4 Å². The Labute approximate surface area is 449 Å². The third-order valence-corrected chi connectivity index (χ3v) is 9.79. The van der Waals surface area contributed by atoms with E-state index in [2.05, 4.69) is 76.3 Å². The topological polar surface area (TPSA) is 466 Å². The Morgan fingerprint density at radius 3 is 1.37 bits per heavy atom. The SMILES string of the molecule is Cn1cc(NC(=O)c2cc(NC(=O)c3cc(NC(=O)C(CCNC(=O)c4nc(NC(=O)c5nc(NC(=O)c6nccn6C)cn5C)cn4C)NC[NH-])cn3C)cn2C)cc1C(=O)NC[NH-].[Cl][Pt].[Cl][Pt].[NH2-].[NH2-].[NH2-].[NH2-]. The van der Waals surface area contributed by atoms with Gasteiger partial charge in [0.05, 0.1) is 23.1 Å². The van der Waals surface area contributed by atoms with Crippen molar-refractivity contribution in [3.63, 3.8) is 0 Å². The predicted molar refractivity (Wildman–Crippen MR) is 269 cm³/mol. The third-order valence-electron chi connectivity index (χ3n) is 9.79. The van der Waals surface area contributed by atoms with Crippen LogP contribution in [0.2, 0.25) is 0 Å². The summed E-state index contributed by atoms with van der Waals surface area (Å²) in [6, 6.07) is 3.49. The summed E-state index contributed by atoms with van der Waals surface area (Å²) in [6.07, 6.45) is 10.7. The van der Waals surface area contributed by atoms with Crippen LogP contribution in [0.4, 0.5) is 28.7 Å². The molecule has 0 radical (unpaired) electrons. The number of hydrogen-bond acceptors (Lipinski definition) is 11. The number of carbonyl (C=O) groups excluding carboxylic acids is 7. The molecule has 0 aliphatic carbocycles. The fourth-order valence-electron chi connectivity index (χ4n) is 6.63. The van der Waals surface area contributed by atoms with Crippen LogP contribution in [0.5, 0.6) is 0 Å². The molecule has 0 aliphatic heterocycles. The van der Waals surface area contributed by atoms with Gasteiger partial charge in [0.25, 0.3) is 35.4 Å². The molecule has 0 fully saturated rings. The van der Waals surface area contributed by atoms with Crippen LogP contribution in [0.15, 0.2) is 61.6 Å². The molecule has 408 valence electrons. The van der Waals surface area contributed by atoms with E-state index in [9.17, 15) is 33.6 Å². The Kier molecular flexibility index (Phi) is 28.3. The zero-order valence-electron chi connectivity index (χ0n) is 39.8. The summed E-state index contributed by atoms with van der Waals surface area (Å²) in [4.78, 5) is 103. The first kappa shape index (κ1) is 66.4. The number of nitrogens with one attached hydrogen (secondary N) is 10. The van der Waals surface area contributed by atoms with Crippen molar-refractivity contribution in [1.29, 1.82) is 0 Å². The van der Waals surface area contributed by atoms with Gasteiger partial charge in [0.2, 0.25) is 17.6 Å². The van der Waals surface area contributed by atoms with E-state index in [1.54, 1.807) is 98.4 Å².